The van der Waals surface area contributed by atoms with Crippen molar-refractivity contribution < 1.29 is 0 Å². The zero-order chi connectivity index (χ0) is 9.80. The van der Waals surface area contributed by atoms with Crippen molar-refractivity contribution in [2.75, 3.05) is 0 Å². The molecule has 14 heavy (non-hydrogen) atoms. The maximum absolute atomic E-state index is 5.84. The predicted octanol–water partition coefficient (Wildman–Crippen LogP) is 2.88. The first-order chi connectivity index (χ1) is 6.92. The summed E-state index contributed by atoms with van der Waals surface area (Å²) in [4.78, 5) is 7.96. The third-order valence-electron chi connectivity index (χ3n) is 2.03. The number of aromatic nitrogens is 2. The number of hydrogen-bond donors (Lipinski definition) is 0. The van der Waals surface area contributed by atoms with Crippen LogP contribution in [0.3, 0.4) is 0 Å². The average molecular weight is 205 g/mol. The fourth-order valence-corrected chi connectivity index (χ4v) is 1.59. The smallest absolute Gasteiger partial charge is 0.115 e. The Hall–Kier alpha value is -1.41. The lowest BCUT2D eigenvalue weighted by Gasteiger charge is -2.05. The Balaban J connectivity index is 2.51. The molecule has 0 saturated heterocycles. The van der Waals surface area contributed by atoms with Gasteiger partial charge in [-0.15, -0.1) is 11.6 Å². The van der Waals surface area contributed by atoms with E-state index in [9.17, 15) is 0 Å². The summed E-state index contributed by atoms with van der Waals surface area (Å²) in [7, 11) is 0. The van der Waals surface area contributed by atoms with Crippen molar-refractivity contribution in [3.63, 3.8) is 0 Å². The fourth-order valence-electron chi connectivity index (χ4n) is 1.36. The van der Waals surface area contributed by atoms with Crippen molar-refractivity contribution >= 4 is 11.6 Å². The summed E-state index contributed by atoms with van der Waals surface area (Å²) in [5, 5.41) is 0. The summed E-state index contributed by atoms with van der Waals surface area (Å²) < 4.78 is 0. The molecule has 1 aromatic heterocycles. The Morgan fingerprint density at radius 2 is 1.79 bits per heavy atom. The molecular formula is C11H9ClN2. The number of halogens is 1. The second-order valence-electron chi connectivity index (χ2n) is 2.92. The molecule has 2 aromatic rings. The molecule has 2 rings (SSSR count). The van der Waals surface area contributed by atoms with Gasteiger partial charge in [0.25, 0.3) is 0 Å². The van der Waals surface area contributed by atoms with Gasteiger partial charge in [-0.25, -0.2) is 9.97 Å². The topological polar surface area (TPSA) is 25.8 Å². The van der Waals surface area contributed by atoms with Gasteiger partial charge in [-0.3, -0.25) is 0 Å². The minimum atomic E-state index is 0.505. The van der Waals surface area contributed by atoms with Crippen LogP contribution >= 0.6 is 11.6 Å². The number of rotatable bonds is 2. The maximum atomic E-state index is 5.84. The van der Waals surface area contributed by atoms with Gasteiger partial charge < -0.3 is 0 Å². The largest absolute Gasteiger partial charge is 0.244 e. The molecule has 0 radical (unpaired) electrons. The van der Waals surface area contributed by atoms with Gasteiger partial charge in [-0.05, 0) is 11.1 Å². The van der Waals surface area contributed by atoms with E-state index in [-0.39, 0.29) is 0 Å². The second kappa shape index (κ2) is 4.20. The Labute approximate surface area is 87.6 Å². The molecule has 0 bridgehead atoms. The van der Waals surface area contributed by atoms with Gasteiger partial charge in [0.15, 0.2) is 0 Å². The number of nitrogens with zero attached hydrogens (tertiary/aromatic N) is 2. The zero-order valence-electron chi connectivity index (χ0n) is 7.52. The first kappa shape index (κ1) is 9.16. The number of alkyl halides is 1. The van der Waals surface area contributed by atoms with E-state index in [1.54, 1.807) is 12.4 Å². The second-order valence-corrected chi connectivity index (χ2v) is 3.19. The Bertz CT molecular complexity index is 415. The highest BCUT2D eigenvalue weighted by molar-refractivity contribution is 6.17. The molecule has 0 aliphatic carbocycles. The van der Waals surface area contributed by atoms with Gasteiger partial charge in [0.05, 0.1) is 0 Å². The molecule has 0 saturated carbocycles. The lowest BCUT2D eigenvalue weighted by atomic mass is 10.0. The summed E-state index contributed by atoms with van der Waals surface area (Å²) >= 11 is 5.84. The third-order valence-corrected chi connectivity index (χ3v) is 2.32. The van der Waals surface area contributed by atoms with E-state index >= 15 is 0 Å². The van der Waals surface area contributed by atoms with Crippen molar-refractivity contribution in [1.82, 2.24) is 9.97 Å². The molecule has 3 heteroatoms. The first-order valence-corrected chi connectivity index (χ1v) is 4.84. The Morgan fingerprint density at radius 1 is 1.07 bits per heavy atom. The van der Waals surface area contributed by atoms with E-state index in [1.807, 2.05) is 24.3 Å². The molecule has 0 atom stereocenters. The normalized spacial score (nSPS) is 10.1. The zero-order valence-corrected chi connectivity index (χ0v) is 8.28. The molecular weight excluding hydrogens is 196 g/mol. The van der Waals surface area contributed by atoms with Crippen LogP contribution in [0.4, 0.5) is 0 Å². The molecule has 1 heterocycles. The molecule has 0 aliphatic heterocycles. The van der Waals surface area contributed by atoms with Crippen molar-refractivity contribution in [1.29, 1.82) is 0 Å². The van der Waals surface area contributed by atoms with Crippen molar-refractivity contribution in [2.45, 2.75) is 5.88 Å². The standard InChI is InChI=1S/C11H9ClN2/c12-5-9-3-1-2-4-11(9)10-6-13-8-14-7-10/h1-4,6-8H,5H2. The van der Waals surface area contributed by atoms with Crippen LogP contribution < -0.4 is 0 Å². The summed E-state index contributed by atoms with van der Waals surface area (Å²) in [6.07, 6.45) is 5.10. The van der Waals surface area contributed by atoms with Gasteiger partial charge in [-0.1, -0.05) is 24.3 Å². The molecule has 0 amide bonds. The van der Waals surface area contributed by atoms with Crippen LogP contribution in [0.1, 0.15) is 5.56 Å². The Morgan fingerprint density at radius 3 is 2.50 bits per heavy atom. The molecule has 0 N–H and O–H groups in total. The van der Waals surface area contributed by atoms with Crippen molar-refractivity contribution in [3.8, 4) is 11.1 Å². The molecule has 0 spiro atoms. The van der Waals surface area contributed by atoms with E-state index in [2.05, 4.69) is 9.97 Å². The van der Waals surface area contributed by atoms with Crippen molar-refractivity contribution in [3.05, 3.63) is 48.5 Å². The highest BCUT2D eigenvalue weighted by Crippen LogP contribution is 2.22. The molecule has 0 unspecified atom stereocenters. The predicted molar refractivity (Wildman–Crippen MR) is 57.0 cm³/mol. The minimum absolute atomic E-state index is 0.505. The lowest BCUT2D eigenvalue weighted by molar-refractivity contribution is 1.17. The third kappa shape index (κ3) is 1.75. The van der Waals surface area contributed by atoms with E-state index in [0.29, 0.717) is 5.88 Å². The molecule has 2 nitrogen and oxygen atoms in total. The SMILES string of the molecule is ClCc1ccccc1-c1cncnc1. The maximum Gasteiger partial charge on any atom is 0.115 e. The summed E-state index contributed by atoms with van der Waals surface area (Å²) in [6.45, 7) is 0. The van der Waals surface area contributed by atoms with Gasteiger partial charge in [0.2, 0.25) is 0 Å². The Kier molecular flexibility index (Phi) is 2.75. The summed E-state index contributed by atoms with van der Waals surface area (Å²) in [6, 6.07) is 8.00. The lowest BCUT2D eigenvalue weighted by Crippen LogP contribution is -1.87. The van der Waals surface area contributed by atoms with Gasteiger partial charge in [0.1, 0.15) is 6.33 Å². The van der Waals surface area contributed by atoms with Crippen LogP contribution in [-0.2, 0) is 5.88 Å². The van der Waals surface area contributed by atoms with Crippen LogP contribution in [0.5, 0.6) is 0 Å². The van der Waals surface area contributed by atoms with Gasteiger partial charge >= 0.3 is 0 Å². The van der Waals surface area contributed by atoms with Gasteiger partial charge in [0, 0.05) is 23.8 Å². The van der Waals surface area contributed by atoms with Crippen LogP contribution in [-0.4, -0.2) is 9.97 Å². The summed E-state index contributed by atoms with van der Waals surface area (Å²) in [5.74, 6) is 0.505. The molecule has 1 aromatic carbocycles. The van der Waals surface area contributed by atoms with E-state index in [0.717, 1.165) is 16.7 Å². The van der Waals surface area contributed by atoms with Crippen LogP contribution in [0.2, 0.25) is 0 Å². The highest BCUT2D eigenvalue weighted by atomic mass is 35.5. The van der Waals surface area contributed by atoms with E-state index in [1.165, 1.54) is 6.33 Å². The van der Waals surface area contributed by atoms with Gasteiger partial charge in [-0.2, -0.15) is 0 Å². The van der Waals surface area contributed by atoms with E-state index in [4.69, 9.17) is 11.6 Å². The van der Waals surface area contributed by atoms with E-state index < -0.39 is 0 Å². The summed E-state index contributed by atoms with van der Waals surface area (Å²) in [5.41, 5.74) is 3.20. The average Bonchev–Trinajstić information content (AvgIpc) is 2.30. The first-order valence-electron chi connectivity index (χ1n) is 4.31. The number of hydrogen-bond acceptors (Lipinski definition) is 2. The molecule has 0 aliphatic rings. The minimum Gasteiger partial charge on any atom is -0.244 e. The fraction of sp³-hybridized carbons (Fsp3) is 0.0909. The van der Waals surface area contributed by atoms with Crippen LogP contribution in [0.15, 0.2) is 43.0 Å². The quantitative estimate of drug-likeness (QED) is 0.703. The number of benzene rings is 1. The van der Waals surface area contributed by atoms with Crippen LogP contribution in [0.25, 0.3) is 11.1 Å². The highest BCUT2D eigenvalue weighted by Gasteiger charge is 2.02. The van der Waals surface area contributed by atoms with Crippen molar-refractivity contribution in [2.24, 2.45) is 0 Å². The molecule has 70 valence electrons. The van der Waals surface area contributed by atoms with Crippen LogP contribution in [0, 0.1) is 0 Å². The monoisotopic (exact) mass is 204 g/mol. The molecule has 0 fully saturated rings.